The smallest absolute Gasteiger partial charge is 0 e. The van der Waals surface area contributed by atoms with Crippen molar-refractivity contribution in [2.75, 3.05) is 0 Å². The number of hydrogen-bond acceptors (Lipinski definition) is 0. The molecule has 0 radical (unpaired) electrons. The van der Waals surface area contributed by atoms with Crippen molar-refractivity contribution in [1.82, 2.24) is 0 Å². The fraction of sp³-hybridized carbons (Fsp3) is 1.00. The molecule has 0 nitrogen and oxygen atoms in total. The van der Waals surface area contributed by atoms with E-state index in [0.29, 0.717) is 0 Å². The van der Waals surface area contributed by atoms with E-state index in [1.165, 1.54) is 17.9 Å². The summed E-state index contributed by atoms with van der Waals surface area (Å²) in [5.41, 5.74) is 0. The molecule has 0 atom stereocenters. The Hall–Kier alpha value is 2.47. The van der Waals surface area contributed by atoms with E-state index >= 15 is 0 Å². The van der Waals surface area contributed by atoms with Gasteiger partial charge in [0, 0.05) is 21.7 Å². The van der Waals surface area contributed by atoms with Crippen LogP contribution in [0.1, 0.15) is 19.8 Å². The van der Waals surface area contributed by atoms with Gasteiger partial charge in [-0.1, -0.05) is 0 Å². The molecule has 0 saturated carbocycles. The van der Waals surface area contributed by atoms with Gasteiger partial charge < -0.3 is 0 Å². The molecule has 0 aromatic heterocycles. The first-order chi connectivity index (χ1) is 2.41. The summed E-state index contributed by atoms with van der Waals surface area (Å²) in [6, 6.07) is 0. The first-order valence-corrected chi connectivity index (χ1v) is 2.41. The molecule has 0 saturated heterocycles. The Morgan fingerprint density at radius 3 is 1.30 bits per heavy atom. The third kappa shape index (κ3) is 47.0. The van der Waals surface area contributed by atoms with E-state index in [4.69, 9.17) is 0 Å². The van der Waals surface area contributed by atoms with Gasteiger partial charge in [-0.25, -0.2) is 0 Å². The first-order valence-electron chi connectivity index (χ1n) is 2.41. The summed E-state index contributed by atoms with van der Waals surface area (Å²) in [5.74, 6) is 0. The normalized spacial score (nSPS) is 4.30. The summed E-state index contributed by atoms with van der Waals surface area (Å²) in [6.45, 7) is 2.21. The Morgan fingerprint density at radius 1 is 1.00 bits per heavy atom. The molecule has 6 heteroatoms. The number of unbranched alkanes of at least 4 members (excludes halogenated alkanes) is 1. The average molecular weight is 258 g/mol. The minimum atomic E-state index is 0. The molecular weight excluding hydrogens is 245 g/mol. The van der Waals surface area contributed by atoms with Crippen LogP contribution in [0.2, 0.25) is 5.09 Å². The number of halogens is 4. The van der Waals surface area contributed by atoms with Gasteiger partial charge in [0.1, 0.15) is 0 Å². The fourth-order valence-corrected chi connectivity index (χ4v) is 0.354. The van der Waals surface area contributed by atoms with Crippen LogP contribution in [-0.4, -0.2) is 17.7 Å². The van der Waals surface area contributed by atoms with Crippen LogP contribution < -0.4 is 0 Å². The van der Waals surface area contributed by atoms with Crippen molar-refractivity contribution >= 4 is 67.3 Å². The Kier molecular flexibility index (Phi) is 165. The molecule has 0 bridgehead atoms. The van der Waals surface area contributed by atoms with Crippen molar-refractivity contribution in [3.63, 3.8) is 0 Å². The molecule has 0 amide bonds. The minimum absolute atomic E-state index is 0. The second kappa shape index (κ2) is 42.0. The van der Waals surface area contributed by atoms with Crippen molar-refractivity contribution in [2.45, 2.75) is 24.9 Å². The van der Waals surface area contributed by atoms with Gasteiger partial charge in [0.05, 0.1) is 0 Å². The van der Waals surface area contributed by atoms with Gasteiger partial charge in [-0.3, -0.25) is 0 Å². The maximum atomic E-state index is 2.21. The van der Waals surface area contributed by atoms with Gasteiger partial charge in [-0.15, -0.1) is 49.6 Å². The van der Waals surface area contributed by atoms with Crippen molar-refractivity contribution in [1.29, 1.82) is 0 Å². The van der Waals surface area contributed by atoms with Crippen LogP contribution in [0.4, 0.5) is 0 Å². The summed E-state index contributed by atoms with van der Waals surface area (Å²) in [4.78, 5) is 0. The molecule has 0 N–H and O–H groups in total. The number of rotatable bonds is 2. The zero-order chi connectivity index (χ0) is 4.12. The predicted octanol–water partition coefficient (Wildman–Crippen LogP) is 3.06. The van der Waals surface area contributed by atoms with Crippen molar-refractivity contribution in [2.24, 2.45) is 0 Å². The van der Waals surface area contributed by atoms with E-state index in [1.54, 1.807) is 0 Å². The average Bonchev–Trinajstić information content (AvgIpc) is 1.41. The second-order valence-electron chi connectivity index (χ2n) is 1.35. The Morgan fingerprint density at radius 2 is 1.30 bits per heavy atom. The van der Waals surface area contributed by atoms with E-state index in [0.717, 1.165) is 0 Å². The third-order valence-electron chi connectivity index (χ3n) is 0.707. The molecule has 0 aromatic rings. The Balaban J connectivity index is -0.00000000800. The molecule has 0 aliphatic carbocycles. The molecule has 62 valence electrons. The largest absolute Gasteiger partial charge is 0 e. The molecule has 0 heterocycles. The van der Waals surface area contributed by atoms with Gasteiger partial charge in [0.25, 0.3) is 0 Å². The van der Waals surface area contributed by atoms with Gasteiger partial charge in [0.15, 0.2) is 0 Å². The predicted molar refractivity (Wildman–Crippen MR) is 54.5 cm³/mol. The minimum Gasteiger partial charge on any atom is 0 e. The zero-order valence-corrected chi connectivity index (χ0v) is 11.1. The summed E-state index contributed by atoms with van der Waals surface area (Å²) < 4.78 is 0. The third-order valence-corrected chi connectivity index (χ3v) is 0.707. The molecule has 10 heavy (non-hydrogen) atoms. The van der Waals surface area contributed by atoms with Crippen molar-refractivity contribution < 1.29 is 21.7 Å². The molecule has 0 aliphatic rings. The molecule has 0 fully saturated rings. The van der Waals surface area contributed by atoms with Crippen LogP contribution in [-0.2, 0) is 21.7 Å². The van der Waals surface area contributed by atoms with Crippen LogP contribution in [0.15, 0.2) is 0 Å². The van der Waals surface area contributed by atoms with Crippen LogP contribution in [0.3, 0.4) is 0 Å². The molecule has 0 unspecified atom stereocenters. The quantitative estimate of drug-likeness (QED) is 0.667. The van der Waals surface area contributed by atoms with E-state index in [-0.39, 0.29) is 71.3 Å². The molecule has 0 aliphatic heterocycles. The van der Waals surface area contributed by atoms with Crippen LogP contribution >= 0.6 is 49.6 Å². The van der Waals surface area contributed by atoms with E-state index < -0.39 is 0 Å². The molecule has 0 aromatic carbocycles. The molecule has 0 rings (SSSR count). The summed E-state index contributed by atoms with van der Waals surface area (Å²) >= 11 is 2.21. The van der Waals surface area contributed by atoms with E-state index in [9.17, 15) is 0 Å². The number of hydrogen-bond donors (Lipinski definition) is 0. The Labute approximate surface area is 113 Å². The van der Waals surface area contributed by atoms with E-state index in [1.807, 2.05) is 0 Å². The topological polar surface area (TPSA) is 0 Å². The van der Waals surface area contributed by atoms with Gasteiger partial charge in [-0.05, 0) is 0 Å². The monoisotopic (exact) mass is 256 g/mol. The first kappa shape index (κ1) is 39.2. The molecular formula is C4H13Cl4LiTi. The van der Waals surface area contributed by atoms with Crippen molar-refractivity contribution in [3.05, 3.63) is 0 Å². The van der Waals surface area contributed by atoms with Crippen LogP contribution in [0.5, 0.6) is 0 Å². The fourth-order valence-electron chi connectivity index (χ4n) is 0.354. The van der Waals surface area contributed by atoms with Gasteiger partial charge in [-0.2, -0.15) is 0 Å². The van der Waals surface area contributed by atoms with Crippen LogP contribution in [0, 0.1) is 0 Å². The maximum absolute atomic E-state index is 2.21. The van der Waals surface area contributed by atoms with Crippen LogP contribution in [0.25, 0.3) is 0 Å². The standard InChI is InChI=1S/C4H9.4ClH.Li.Ti/c1-3-4-2;;;;;;/h1,3-4H2,2H3;4*1H;;. The summed E-state index contributed by atoms with van der Waals surface area (Å²) in [6.07, 6.45) is 2.73. The van der Waals surface area contributed by atoms with Crippen molar-refractivity contribution in [3.8, 4) is 0 Å². The Bertz CT molecular complexity index is 24.7. The van der Waals surface area contributed by atoms with E-state index in [2.05, 4.69) is 24.6 Å². The second-order valence-corrected chi connectivity index (χ2v) is 1.35. The van der Waals surface area contributed by atoms with Gasteiger partial charge >= 0.3 is 42.6 Å². The summed E-state index contributed by atoms with van der Waals surface area (Å²) in [7, 11) is 0. The van der Waals surface area contributed by atoms with Gasteiger partial charge in [0.2, 0.25) is 0 Å². The maximum Gasteiger partial charge on any atom is 0 e. The SMILES string of the molecule is Cl.Cl.Cl.Cl.[Li][CH2]CCC.[Ti]. The molecule has 0 spiro atoms. The summed E-state index contributed by atoms with van der Waals surface area (Å²) in [5, 5.41) is 1.34. The zero-order valence-electron chi connectivity index (χ0n) is 6.25.